The van der Waals surface area contributed by atoms with Crippen molar-refractivity contribution in [2.24, 2.45) is 13.0 Å². The summed E-state index contributed by atoms with van der Waals surface area (Å²) in [5.41, 5.74) is 3.07. The topological polar surface area (TPSA) is 80.1 Å². The van der Waals surface area contributed by atoms with E-state index in [1.807, 2.05) is 20.0 Å². The van der Waals surface area contributed by atoms with E-state index in [0.717, 1.165) is 22.3 Å². The fraction of sp³-hybridized carbons (Fsp3) is 0.300. The van der Waals surface area contributed by atoms with Crippen molar-refractivity contribution in [1.82, 2.24) is 14.8 Å². The van der Waals surface area contributed by atoms with Gasteiger partial charge in [-0.2, -0.15) is 5.10 Å². The number of fused-ring (bicyclic) bond motifs is 1. The van der Waals surface area contributed by atoms with Gasteiger partial charge >= 0.3 is 0 Å². The maximum Gasteiger partial charge on any atom is 0.229 e. The predicted octanol–water partition coefficient (Wildman–Crippen LogP) is 2.72. The van der Waals surface area contributed by atoms with Gasteiger partial charge in [0.15, 0.2) is 5.65 Å². The Morgan fingerprint density at radius 3 is 2.82 bits per heavy atom. The summed E-state index contributed by atoms with van der Waals surface area (Å²) < 4.78 is 15.9. The Balaban J connectivity index is 1.51. The van der Waals surface area contributed by atoms with Gasteiger partial charge in [0.25, 0.3) is 0 Å². The molecule has 144 valence electrons. The highest BCUT2D eigenvalue weighted by Gasteiger charge is 2.36. The molecule has 3 aromatic rings. The molecular weight excluding hydrogens is 361 g/mol. The minimum Gasteiger partial charge on any atom is -0.324 e. The number of nitrogens with zero attached hydrogens (tertiary/aromatic N) is 4. The zero-order chi connectivity index (χ0) is 20.0. The molecule has 1 aliphatic rings. The highest BCUT2D eigenvalue weighted by molar-refractivity contribution is 6.04. The van der Waals surface area contributed by atoms with Crippen molar-refractivity contribution in [2.45, 2.75) is 20.3 Å². The summed E-state index contributed by atoms with van der Waals surface area (Å²) in [7, 11) is 1.81. The average molecular weight is 381 g/mol. The van der Waals surface area contributed by atoms with Crippen LogP contribution in [-0.4, -0.2) is 33.1 Å². The molecular formula is C20H20FN5O2. The van der Waals surface area contributed by atoms with Crippen LogP contribution in [0.3, 0.4) is 0 Å². The zero-order valence-corrected chi connectivity index (χ0v) is 15.9. The number of anilines is 2. The van der Waals surface area contributed by atoms with Crippen molar-refractivity contribution in [3.63, 3.8) is 0 Å². The molecule has 2 amide bonds. The standard InChI is InChI=1S/C20H20FN5O2/c1-11-4-5-17(16(21)6-11)26-10-13(7-18(26)27)20(28)23-14-8-15-12(2)24-25(3)19(15)22-9-14/h4-6,8-9,13H,7,10H2,1-3H3,(H,23,28). The number of hydrogen-bond donors (Lipinski definition) is 1. The van der Waals surface area contributed by atoms with Gasteiger partial charge in [-0.25, -0.2) is 9.37 Å². The lowest BCUT2D eigenvalue weighted by Gasteiger charge is -2.17. The van der Waals surface area contributed by atoms with E-state index in [-0.39, 0.29) is 30.5 Å². The predicted molar refractivity (Wildman–Crippen MR) is 103 cm³/mol. The number of hydrogen-bond acceptors (Lipinski definition) is 4. The van der Waals surface area contributed by atoms with Crippen LogP contribution in [0.15, 0.2) is 30.5 Å². The number of aryl methyl sites for hydroxylation is 3. The summed E-state index contributed by atoms with van der Waals surface area (Å²) in [6.07, 6.45) is 1.61. The highest BCUT2D eigenvalue weighted by atomic mass is 19.1. The van der Waals surface area contributed by atoms with E-state index in [4.69, 9.17) is 0 Å². The molecule has 8 heteroatoms. The number of amides is 2. The fourth-order valence-electron chi connectivity index (χ4n) is 3.57. The maximum absolute atomic E-state index is 14.2. The van der Waals surface area contributed by atoms with Crippen molar-refractivity contribution >= 4 is 34.2 Å². The Hall–Kier alpha value is -3.29. The van der Waals surface area contributed by atoms with Gasteiger partial charge in [0, 0.05) is 25.4 Å². The van der Waals surface area contributed by atoms with Crippen molar-refractivity contribution in [3.05, 3.63) is 47.5 Å². The van der Waals surface area contributed by atoms with E-state index < -0.39 is 11.7 Å². The van der Waals surface area contributed by atoms with E-state index in [1.54, 1.807) is 29.9 Å². The first kappa shape index (κ1) is 18.1. The van der Waals surface area contributed by atoms with Crippen molar-refractivity contribution < 1.29 is 14.0 Å². The molecule has 1 aromatic carbocycles. The lowest BCUT2D eigenvalue weighted by molar-refractivity contribution is -0.122. The number of aromatic nitrogens is 3. The molecule has 1 atom stereocenters. The van der Waals surface area contributed by atoms with Crippen LogP contribution in [0.2, 0.25) is 0 Å². The Morgan fingerprint density at radius 1 is 1.29 bits per heavy atom. The summed E-state index contributed by atoms with van der Waals surface area (Å²) in [5, 5.41) is 7.98. The molecule has 1 N–H and O–H groups in total. The Bertz CT molecular complexity index is 1110. The average Bonchev–Trinajstić information content (AvgIpc) is 3.15. The van der Waals surface area contributed by atoms with Gasteiger partial charge in [-0.3, -0.25) is 14.3 Å². The number of halogens is 1. The molecule has 1 fully saturated rings. The third-order valence-electron chi connectivity index (χ3n) is 5.02. The molecule has 4 rings (SSSR count). The first-order valence-electron chi connectivity index (χ1n) is 9.00. The van der Waals surface area contributed by atoms with Gasteiger partial charge in [-0.05, 0) is 37.6 Å². The maximum atomic E-state index is 14.2. The van der Waals surface area contributed by atoms with Crippen LogP contribution < -0.4 is 10.2 Å². The Kier molecular flexibility index (Phi) is 4.33. The summed E-state index contributed by atoms with van der Waals surface area (Å²) in [4.78, 5) is 30.7. The Morgan fingerprint density at radius 2 is 2.07 bits per heavy atom. The summed E-state index contributed by atoms with van der Waals surface area (Å²) in [5.74, 6) is -1.57. The lowest BCUT2D eigenvalue weighted by atomic mass is 10.1. The van der Waals surface area contributed by atoms with Gasteiger partial charge < -0.3 is 10.2 Å². The first-order chi connectivity index (χ1) is 13.3. The summed E-state index contributed by atoms with van der Waals surface area (Å²) >= 11 is 0. The van der Waals surface area contributed by atoms with E-state index in [1.165, 1.54) is 11.0 Å². The second kappa shape index (κ2) is 6.70. The molecule has 7 nitrogen and oxygen atoms in total. The van der Waals surface area contributed by atoms with Gasteiger partial charge in [-0.15, -0.1) is 0 Å². The van der Waals surface area contributed by atoms with Crippen LogP contribution in [0.5, 0.6) is 0 Å². The number of nitrogens with one attached hydrogen (secondary N) is 1. The third-order valence-corrected chi connectivity index (χ3v) is 5.02. The second-order valence-electron chi connectivity index (χ2n) is 7.15. The van der Waals surface area contributed by atoms with Gasteiger partial charge in [0.1, 0.15) is 5.82 Å². The van der Waals surface area contributed by atoms with Crippen LogP contribution in [0, 0.1) is 25.6 Å². The number of pyridine rings is 1. The molecule has 1 saturated heterocycles. The molecule has 1 unspecified atom stereocenters. The lowest BCUT2D eigenvalue weighted by Crippen LogP contribution is -2.28. The molecule has 28 heavy (non-hydrogen) atoms. The van der Waals surface area contributed by atoms with Gasteiger partial charge in [0.2, 0.25) is 11.8 Å². The molecule has 0 aliphatic carbocycles. The molecule has 1 aliphatic heterocycles. The minimum atomic E-state index is -0.557. The quantitative estimate of drug-likeness (QED) is 0.757. The van der Waals surface area contributed by atoms with Gasteiger partial charge in [-0.1, -0.05) is 6.07 Å². The second-order valence-corrected chi connectivity index (χ2v) is 7.15. The van der Waals surface area contributed by atoms with Crippen LogP contribution in [0.1, 0.15) is 17.7 Å². The van der Waals surface area contributed by atoms with Crippen molar-refractivity contribution in [3.8, 4) is 0 Å². The normalized spacial score (nSPS) is 16.8. The van der Waals surface area contributed by atoms with E-state index in [9.17, 15) is 14.0 Å². The number of carbonyl (C=O) groups excluding carboxylic acids is 2. The molecule has 3 heterocycles. The minimum absolute atomic E-state index is 0.0424. The number of benzene rings is 1. The van der Waals surface area contributed by atoms with E-state index in [2.05, 4.69) is 15.4 Å². The fourth-order valence-corrected chi connectivity index (χ4v) is 3.57. The number of carbonyl (C=O) groups is 2. The van der Waals surface area contributed by atoms with E-state index in [0.29, 0.717) is 5.69 Å². The highest BCUT2D eigenvalue weighted by Crippen LogP contribution is 2.29. The first-order valence-corrected chi connectivity index (χ1v) is 9.00. The molecule has 2 aromatic heterocycles. The molecule has 0 bridgehead atoms. The zero-order valence-electron chi connectivity index (χ0n) is 15.9. The van der Waals surface area contributed by atoms with E-state index >= 15 is 0 Å². The monoisotopic (exact) mass is 381 g/mol. The largest absolute Gasteiger partial charge is 0.324 e. The van der Waals surface area contributed by atoms with Crippen LogP contribution >= 0.6 is 0 Å². The van der Waals surface area contributed by atoms with Gasteiger partial charge in [0.05, 0.1) is 29.2 Å². The molecule has 0 radical (unpaired) electrons. The smallest absolute Gasteiger partial charge is 0.229 e. The van der Waals surface area contributed by atoms with Crippen molar-refractivity contribution in [2.75, 3.05) is 16.8 Å². The molecule has 0 spiro atoms. The van der Waals surface area contributed by atoms with Crippen LogP contribution in [0.25, 0.3) is 11.0 Å². The molecule has 0 saturated carbocycles. The summed E-state index contributed by atoms with van der Waals surface area (Å²) in [6.45, 7) is 3.80. The number of rotatable bonds is 3. The van der Waals surface area contributed by atoms with Crippen LogP contribution in [0.4, 0.5) is 15.8 Å². The van der Waals surface area contributed by atoms with Crippen molar-refractivity contribution in [1.29, 1.82) is 0 Å². The third kappa shape index (κ3) is 3.11. The van der Waals surface area contributed by atoms with Crippen LogP contribution in [-0.2, 0) is 16.6 Å². The SMILES string of the molecule is Cc1ccc(N2CC(C(=O)Nc3cnc4c(c3)c(C)nn4C)CC2=O)c(F)c1. The Labute approximate surface area is 161 Å². The summed E-state index contributed by atoms with van der Waals surface area (Å²) in [6, 6.07) is 6.52.